The number of carbonyl (C=O) groups is 1. The predicted octanol–water partition coefficient (Wildman–Crippen LogP) is 4.19. The maximum Gasteiger partial charge on any atom is 0.233 e. The van der Waals surface area contributed by atoms with Gasteiger partial charge in [0.25, 0.3) is 0 Å². The van der Waals surface area contributed by atoms with Gasteiger partial charge in [0.2, 0.25) is 5.91 Å². The molecular formula is C18H20FNO2S. The summed E-state index contributed by atoms with van der Waals surface area (Å²) in [5, 5.41) is 2.72. The number of nitrogens with one attached hydrogen (secondary N) is 1. The summed E-state index contributed by atoms with van der Waals surface area (Å²) in [5.41, 5.74) is 0.876. The zero-order valence-electron chi connectivity index (χ0n) is 13.4. The number of methoxy groups -OCH3 is 1. The predicted molar refractivity (Wildman–Crippen MR) is 91.3 cm³/mol. The molecule has 5 heteroatoms. The standard InChI is InChI=1S/C18H20FNO2S/c1-12(14-4-6-15(19)7-5-14)20-18(21)13(2)23-17-10-8-16(22-3)9-11-17/h4-13H,1-3H3,(H,20,21)/t12-,13+/m0/s1. The highest BCUT2D eigenvalue weighted by atomic mass is 32.2. The number of carbonyl (C=O) groups excluding carboxylic acids is 1. The normalized spacial score (nSPS) is 13.2. The largest absolute Gasteiger partial charge is 0.497 e. The summed E-state index contributed by atoms with van der Waals surface area (Å²) in [4.78, 5) is 13.3. The van der Waals surface area contributed by atoms with Crippen LogP contribution in [-0.2, 0) is 4.79 Å². The first-order valence-corrected chi connectivity index (χ1v) is 8.24. The Morgan fingerprint density at radius 2 is 1.70 bits per heavy atom. The van der Waals surface area contributed by atoms with Gasteiger partial charge in [-0.25, -0.2) is 4.39 Å². The van der Waals surface area contributed by atoms with Crippen molar-refractivity contribution in [3.8, 4) is 5.75 Å². The second-order valence-electron chi connectivity index (χ2n) is 5.22. The van der Waals surface area contributed by atoms with Crippen molar-refractivity contribution >= 4 is 17.7 Å². The van der Waals surface area contributed by atoms with E-state index in [4.69, 9.17) is 4.74 Å². The summed E-state index contributed by atoms with van der Waals surface area (Å²) < 4.78 is 18.1. The molecule has 0 saturated heterocycles. The third-order valence-electron chi connectivity index (χ3n) is 3.47. The number of benzene rings is 2. The van der Waals surface area contributed by atoms with Crippen molar-refractivity contribution in [3.05, 3.63) is 59.9 Å². The van der Waals surface area contributed by atoms with Crippen LogP contribution in [-0.4, -0.2) is 18.3 Å². The molecule has 23 heavy (non-hydrogen) atoms. The highest BCUT2D eigenvalue weighted by molar-refractivity contribution is 8.00. The molecule has 0 saturated carbocycles. The fraction of sp³-hybridized carbons (Fsp3) is 0.278. The van der Waals surface area contributed by atoms with Crippen LogP contribution in [0.25, 0.3) is 0 Å². The van der Waals surface area contributed by atoms with Crippen molar-refractivity contribution in [2.24, 2.45) is 0 Å². The molecule has 2 aromatic carbocycles. The van der Waals surface area contributed by atoms with Crippen LogP contribution >= 0.6 is 11.8 Å². The molecule has 0 aliphatic carbocycles. The zero-order valence-corrected chi connectivity index (χ0v) is 14.2. The van der Waals surface area contributed by atoms with E-state index in [9.17, 15) is 9.18 Å². The van der Waals surface area contributed by atoms with E-state index in [1.165, 1.54) is 23.9 Å². The summed E-state index contributed by atoms with van der Waals surface area (Å²) in [6, 6.07) is 13.6. The summed E-state index contributed by atoms with van der Waals surface area (Å²) in [6.07, 6.45) is 0. The Morgan fingerprint density at radius 1 is 1.09 bits per heavy atom. The molecule has 3 nitrogen and oxygen atoms in total. The molecule has 0 spiro atoms. The molecule has 2 atom stereocenters. The van der Waals surface area contributed by atoms with Gasteiger partial charge in [-0.05, 0) is 55.8 Å². The maximum atomic E-state index is 12.9. The summed E-state index contributed by atoms with van der Waals surface area (Å²) >= 11 is 1.48. The van der Waals surface area contributed by atoms with Crippen LogP contribution < -0.4 is 10.1 Å². The number of hydrogen-bond acceptors (Lipinski definition) is 3. The first-order chi connectivity index (χ1) is 11.0. The SMILES string of the molecule is COc1ccc(S[C@H](C)C(=O)N[C@@H](C)c2ccc(F)cc2)cc1. The van der Waals surface area contributed by atoms with Gasteiger partial charge in [0.05, 0.1) is 18.4 Å². The lowest BCUT2D eigenvalue weighted by Crippen LogP contribution is -2.33. The Balaban J connectivity index is 1.92. The quantitative estimate of drug-likeness (QED) is 0.806. The fourth-order valence-corrected chi connectivity index (χ4v) is 2.95. The minimum atomic E-state index is -0.282. The van der Waals surface area contributed by atoms with E-state index in [2.05, 4.69) is 5.32 Å². The van der Waals surface area contributed by atoms with Crippen molar-refractivity contribution in [3.63, 3.8) is 0 Å². The van der Waals surface area contributed by atoms with E-state index < -0.39 is 0 Å². The molecule has 2 aromatic rings. The van der Waals surface area contributed by atoms with Gasteiger partial charge >= 0.3 is 0 Å². The summed E-state index contributed by atoms with van der Waals surface area (Å²) in [7, 11) is 1.62. The van der Waals surface area contributed by atoms with E-state index in [1.807, 2.05) is 38.1 Å². The number of rotatable bonds is 6. The van der Waals surface area contributed by atoms with Crippen molar-refractivity contribution in [1.82, 2.24) is 5.32 Å². The van der Waals surface area contributed by atoms with Gasteiger partial charge in [0.1, 0.15) is 11.6 Å². The molecule has 0 unspecified atom stereocenters. The van der Waals surface area contributed by atoms with Crippen LogP contribution in [0.1, 0.15) is 25.5 Å². The van der Waals surface area contributed by atoms with Crippen molar-refractivity contribution < 1.29 is 13.9 Å². The molecule has 0 aliphatic rings. The van der Waals surface area contributed by atoms with Crippen LogP contribution in [0.2, 0.25) is 0 Å². The Morgan fingerprint density at radius 3 is 2.26 bits per heavy atom. The third kappa shape index (κ3) is 4.99. The average Bonchev–Trinajstić information content (AvgIpc) is 2.56. The van der Waals surface area contributed by atoms with Crippen LogP contribution in [0.15, 0.2) is 53.4 Å². The van der Waals surface area contributed by atoms with Gasteiger partial charge in [-0.3, -0.25) is 4.79 Å². The lowest BCUT2D eigenvalue weighted by atomic mass is 10.1. The fourth-order valence-electron chi connectivity index (χ4n) is 2.08. The number of amides is 1. The van der Waals surface area contributed by atoms with Crippen molar-refractivity contribution in [2.75, 3.05) is 7.11 Å². The lowest BCUT2D eigenvalue weighted by molar-refractivity contribution is -0.120. The molecule has 0 fully saturated rings. The Hall–Kier alpha value is -2.01. The lowest BCUT2D eigenvalue weighted by Gasteiger charge is -2.18. The van der Waals surface area contributed by atoms with Gasteiger partial charge < -0.3 is 10.1 Å². The number of halogens is 1. The molecule has 0 bridgehead atoms. The Kier molecular flexibility index (Phi) is 6.04. The van der Waals surface area contributed by atoms with Crippen LogP contribution in [0, 0.1) is 5.82 Å². The van der Waals surface area contributed by atoms with Gasteiger partial charge in [-0.15, -0.1) is 11.8 Å². The van der Waals surface area contributed by atoms with Gasteiger partial charge in [-0.1, -0.05) is 12.1 Å². The highest BCUT2D eigenvalue weighted by Gasteiger charge is 2.17. The topological polar surface area (TPSA) is 38.3 Å². The molecule has 1 amide bonds. The van der Waals surface area contributed by atoms with E-state index >= 15 is 0 Å². The average molecular weight is 333 g/mol. The van der Waals surface area contributed by atoms with Gasteiger partial charge in [0.15, 0.2) is 0 Å². The molecular weight excluding hydrogens is 313 g/mol. The molecule has 0 heterocycles. The molecule has 0 radical (unpaired) electrons. The smallest absolute Gasteiger partial charge is 0.233 e. The second kappa shape index (κ2) is 8.02. The molecule has 1 N–H and O–H groups in total. The molecule has 2 rings (SSSR count). The second-order valence-corrected chi connectivity index (χ2v) is 6.63. The molecule has 122 valence electrons. The van der Waals surface area contributed by atoms with E-state index in [0.717, 1.165) is 16.2 Å². The van der Waals surface area contributed by atoms with Crippen LogP contribution in [0.5, 0.6) is 5.75 Å². The maximum absolute atomic E-state index is 12.9. The number of hydrogen-bond donors (Lipinski definition) is 1. The van der Waals surface area contributed by atoms with Gasteiger partial charge in [-0.2, -0.15) is 0 Å². The Bertz CT molecular complexity index is 643. The van der Waals surface area contributed by atoms with Crippen molar-refractivity contribution in [1.29, 1.82) is 0 Å². The Labute approximate surface area is 140 Å². The highest BCUT2D eigenvalue weighted by Crippen LogP contribution is 2.26. The summed E-state index contributed by atoms with van der Waals surface area (Å²) in [6.45, 7) is 3.75. The molecule has 0 aliphatic heterocycles. The first kappa shape index (κ1) is 17.3. The van der Waals surface area contributed by atoms with Crippen molar-refractivity contribution in [2.45, 2.75) is 30.0 Å². The molecule has 0 aromatic heterocycles. The van der Waals surface area contributed by atoms with Gasteiger partial charge in [0, 0.05) is 4.90 Å². The minimum absolute atomic E-state index is 0.0531. The number of thioether (sulfide) groups is 1. The van der Waals surface area contributed by atoms with E-state index in [-0.39, 0.29) is 23.0 Å². The van der Waals surface area contributed by atoms with Crippen LogP contribution in [0.3, 0.4) is 0 Å². The third-order valence-corrected chi connectivity index (χ3v) is 4.58. The zero-order chi connectivity index (χ0) is 16.8. The van der Waals surface area contributed by atoms with E-state index in [0.29, 0.717) is 0 Å². The van der Waals surface area contributed by atoms with E-state index in [1.54, 1.807) is 19.2 Å². The first-order valence-electron chi connectivity index (χ1n) is 7.36. The summed E-state index contributed by atoms with van der Waals surface area (Å²) in [5.74, 6) is 0.453. The minimum Gasteiger partial charge on any atom is -0.497 e. The monoisotopic (exact) mass is 333 g/mol. The van der Waals surface area contributed by atoms with Crippen LogP contribution in [0.4, 0.5) is 4.39 Å². The number of ether oxygens (including phenoxy) is 1.